The number of nitrogens with one attached hydrogen (secondary N) is 1. The SMILES string of the molecule is Cc1c(Cl)ncnc1N1CCC2NC(=O)CCC2C1. The summed E-state index contributed by atoms with van der Waals surface area (Å²) in [5, 5.41) is 3.61. The van der Waals surface area contributed by atoms with E-state index >= 15 is 0 Å². The normalized spacial score (nSPS) is 26.8. The molecule has 19 heavy (non-hydrogen) atoms. The second-order valence-corrected chi connectivity index (χ2v) is 5.68. The largest absolute Gasteiger partial charge is 0.356 e. The Morgan fingerprint density at radius 3 is 3.11 bits per heavy atom. The molecule has 2 saturated heterocycles. The van der Waals surface area contributed by atoms with Crippen molar-refractivity contribution in [2.75, 3.05) is 18.0 Å². The zero-order chi connectivity index (χ0) is 13.4. The fourth-order valence-corrected chi connectivity index (χ4v) is 3.17. The van der Waals surface area contributed by atoms with Gasteiger partial charge in [0.2, 0.25) is 5.91 Å². The number of nitrogens with zero attached hydrogens (tertiary/aromatic N) is 3. The van der Waals surface area contributed by atoms with E-state index in [9.17, 15) is 4.79 Å². The van der Waals surface area contributed by atoms with Crippen LogP contribution < -0.4 is 10.2 Å². The van der Waals surface area contributed by atoms with Gasteiger partial charge in [0, 0.05) is 31.1 Å². The van der Waals surface area contributed by atoms with Crippen LogP contribution in [-0.2, 0) is 4.79 Å². The molecular weight excluding hydrogens is 264 g/mol. The van der Waals surface area contributed by atoms with Crippen molar-refractivity contribution >= 4 is 23.3 Å². The average molecular weight is 281 g/mol. The predicted octanol–water partition coefficient (Wildman–Crippen LogP) is 1.54. The Bertz CT molecular complexity index is 507. The molecule has 0 saturated carbocycles. The lowest BCUT2D eigenvalue weighted by Gasteiger charge is -2.42. The van der Waals surface area contributed by atoms with Gasteiger partial charge in [-0.3, -0.25) is 4.79 Å². The summed E-state index contributed by atoms with van der Waals surface area (Å²) in [5.41, 5.74) is 0.933. The number of carbonyl (C=O) groups is 1. The lowest BCUT2D eigenvalue weighted by molar-refractivity contribution is -0.124. The molecule has 2 aliphatic rings. The van der Waals surface area contributed by atoms with E-state index in [4.69, 9.17) is 11.6 Å². The molecular formula is C13H17ClN4O. The smallest absolute Gasteiger partial charge is 0.220 e. The van der Waals surface area contributed by atoms with Gasteiger partial charge in [-0.05, 0) is 25.7 Å². The van der Waals surface area contributed by atoms with Gasteiger partial charge in [0.15, 0.2) is 0 Å². The van der Waals surface area contributed by atoms with Crippen LogP contribution in [0.3, 0.4) is 0 Å². The quantitative estimate of drug-likeness (QED) is 0.793. The van der Waals surface area contributed by atoms with Gasteiger partial charge in [-0.2, -0.15) is 0 Å². The van der Waals surface area contributed by atoms with E-state index in [-0.39, 0.29) is 5.91 Å². The molecule has 6 heteroatoms. The highest BCUT2D eigenvalue weighted by molar-refractivity contribution is 6.30. The van der Waals surface area contributed by atoms with Crippen LogP contribution in [-0.4, -0.2) is 35.0 Å². The second kappa shape index (κ2) is 4.96. The Morgan fingerprint density at radius 2 is 2.26 bits per heavy atom. The van der Waals surface area contributed by atoms with Crippen LogP contribution in [0, 0.1) is 12.8 Å². The maximum atomic E-state index is 11.4. The molecule has 2 aliphatic heterocycles. The number of piperidine rings is 2. The molecule has 1 N–H and O–H groups in total. The van der Waals surface area contributed by atoms with Crippen LogP contribution in [0.4, 0.5) is 5.82 Å². The maximum absolute atomic E-state index is 11.4. The van der Waals surface area contributed by atoms with Crippen molar-refractivity contribution in [2.45, 2.75) is 32.2 Å². The zero-order valence-corrected chi connectivity index (χ0v) is 11.7. The fraction of sp³-hybridized carbons (Fsp3) is 0.615. The van der Waals surface area contributed by atoms with Crippen molar-refractivity contribution in [2.24, 2.45) is 5.92 Å². The van der Waals surface area contributed by atoms with Gasteiger partial charge in [0.25, 0.3) is 0 Å². The van der Waals surface area contributed by atoms with E-state index in [1.165, 1.54) is 6.33 Å². The number of rotatable bonds is 1. The third kappa shape index (κ3) is 2.39. The Kier molecular flexibility index (Phi) is 3.31. The van der Waals surface area contributed by atoms with E-state index in [2.05, 4.69) is 20.2 Å². The zero-order valence-electron chi connectivity index (χ0n) is 10.9. The molecule has 1 amide bonds. The Morgan fingerprint density at radius 1 is 1.42 bits per heavy atom. The van der Waals surface area contributed by atoms with E-state index in [1.54, 1.807) is 0 Å². The molecule has 102 valence electrons. The second-order valence-electron chi connectivity index (χ2n) is 5.32. The number of carbonyl (C=O) groups excluding carboxylic acids is 1. The van der Waals surface area contributed by atoms with Crippen molar-refractivity contribution in [3.8, 4) is 0 Å². The van der Waals surface area contributed by atoms with Crippen molar-refractivity contribution in [1.29, 1.82) is 0 Å². The summed E-state index contributed by atoms with van der Waals surface area (Å²) >= 11 is 6.05. The molecule has 0 aliphatic carbocycles. The molecule has 0 radical (unpaired) electrons. The molecule has 2 atom stereocenters. The van der Waals surface area contributed by atoms with Gasteiger partial charge in [0.1, 0.15) is 17.3 Å². The Balaban J connectivity index is 1.78. The first-order chi connectivity index (χ1) is 9.15. The average Bonchev–Trinajstić information content (AvgIpc) is 2.41. The Hall–Kier alpha value is -1.36. The molecule has 3 heterocycles. The number of fused-ring (bicyclic) bond motifs is 1. The van der Waals surface area contributed by atoms with Gasteiger partial charge < -0.3 is 10.2 Å². The van der Waals surface area contributed by atoms with Gasteiger partial charge in [0.05, 0.1) is 0 Å². The van der Waals surface area contributed by atoms with E-state index in [0.717, 1.165) is 37.3 Å². The van der Waals surface area contributed by atoms with Crippen molar-refractivity contribution in [1.82, 2.24) is 15.3 Å². The molecule has 0 spiro atoms. The number of hydrogen-bond acceptors (Lipinski definition) is 4. The lowest BCUT2D eigenvalue weighted by Crippen LogP contribution is -2.54. The molecule has 0 aromatic carbocycles. The minimum absolute atomic E-state index is 0.191. The summed E-state index contributed by atoms with van der Waals surface area (Å²) in [4.78, 5) is 22.0. The van der Waals surface area contributed by atoms with Crippen molar-refractivity contribution < 1.29 is 4.79 Å². The molecule has 1 aromatic heterocycles. The summed E-state index contributed by atoms with van der Waals surface area (Å²) < 4.78 is 0. The first kappa shape index (κ1) is 12.7. The lowest BCUT2D eigenvalue weighted by atomic mass is 9.85. The standard InChI is InChI=1S/C13H17ClN4O/c1-8-12(14)15-7-16-13(8)18-5-4-10-9(6-18)2-3-11(19)17-10/h7,9-10H,2-6H2,1H3,(H,17,19). The highest BCUT2D eigenvalue weighted by Crippen LogP contribution is 2.30. The summed E-state index contributed by atoms with van der Waals surface area (Å²) in [6.07, 6.45) is 4.08. The first-order valence-corrected chi connectivity index (χ1v) is 7.04. The molecule has 2 unspecified atom stereocenters. The van der Waals surface area contributed by atoms with E-state index < -0.39 is 0 Å². The van der Waals surface area contributed by atoms with Crippen molar-refractivity contribution in [3.63, 3.8) is 0 Å². The Labute approximate surface area is 117 Å². The van der Waals surface area contributed by atoms with E-state index in [0.29, 0.717) is 23.5 Å². The third-order valence-electron chi connectivity index (χ3n) is 4.12. The number of hydrogen-bond donors (Lipinski definition) is 1. The molecule has 1 aromatic rings. The van der Waals surface area contributed by atoms with E-state index in [1.807, 2.05) is 6.92 Å². The monoisotopic (exact) mass is 280 g/mol. The maximum Gasteiger partial charge on any atom is 0.220 e. The predicted molar refractivity (Wildman–Crippen MR) is 73.3 cm³/mol. The number of aromatic nitrogens is 2. The highest BCUT2D eigenvalue weighted by atomic mass is 35.5. The number of anilines is 1. The van der Waals surface area contributed by atoms with Crippen molar-refractivity contribution in [3.05, 3.63) is 17.0 Å². The van der Waals surface area contributed by atoms with Gasteiger partial charge in [-0.25, -0.2) is 9.97 Å². The summed E-state index contributed by atoms with van der Waals surface area (Å²) in [7, 11) is 0. The number of amides is 1. The number of halogens is 1. The third-order valence-corrected chi connectivity index (χ3v) is 4.50. The minimum atomic E-state index is 0.191. The minimum Gasteiger partial charge on any atom is -0.356 e. The van der Waals surface area contributed by atoms with Gasteiger partial charge >= 0.3 is 0 Å². The van der Waals surface area contributed by atoms with Crippen LogP contribution >= 0.6 is 11.6 Å². The fourth-order valence-electron chi connectivity index (χ4n) is 3.04. The summed E-state index contributed by atoms with van der Waals surface area (Å²) in [6, 6.07) is 0.329. The molecule has 5 nitrogen and oxygen atoms in total. The van der Waals surface area contributed by atoms with Crippen LogP contribution in [0.2, 0.25) is 5.15 Å². The first-order valence-electron chi connectivity index (χ1n) is 6.66. The highest BCUT2D eigenvalue weighted by Gasteiger charge is 2.34. The van der Waals surface area contributed by atoms with Gasteiger partial charge in [-0.15, -0.1) is 0 Å². The van der Waals surface area contributed by atoms with Gasteiger partial charge in [-0.1, -0.05) is 11.6 Å². The summed E-state index contributed by atoms with van der Waals surface area (Å²) in [5.74, 6) is 1.63. The van der Waals surface area contributed by atoms with Crippen LogP contribution in [0.25, 0.3) is 0 Å². The molecule has 3 rings (SSSR count). The van der Waals surface area contributed by atoms with Crippen LogP contribution in [0.5, 0.6) is 0 Å². The molecule has 2 fully saturated rings. The van der Waals surface area contributed by atoms with Crippen LogP contribution in [0.15, 0.2) is 6.33 Å². The summed E-state index contributed by atoms with van der Waals surface area (Å²) in [6.45, 7) is 3.78. The topological polar surface area (TPSA) is 58.1 Å². The molecule has 0 bridgehead atoms. The van der Waals surface area contributed by atoms with Crippen LogP contribution in [0.1, 0.15) is 24.8 Å².